The third kappa shape index (κ3) is 4.96. The highest BCUT2D eigenvalue weighted by Gasteiger charge is 2.25. The molecular formula is C18H21ClFN3O2. The number of H-pyrrole nitrogens is 1. The lowest BCUT2D eigenvalue weighted by Gasteiger charge is -2.30. The molecular weight excluding hydrogens is 345 g/mol. The molecule has 0 aliphatic carbocycles. The Morgan fingerprint density at radius 2 is 2.00 bits per heavy atom. The summed E-state index contributed by atoms with van der Waals surface area (Å²) in [7, 11) is 0. The van der Waals surface area contributed by atoms with Crippen molar-refractivity contribution < 1.29 is 9.18 Å². The molecule has 5 nitrogen and oxygen atoms in total. The van der Waals surface area contributed by atoms with E-state index in [2.05, 4.69) is 14.9 Å². The van der Waals surface area contributed by atoms with Crippen molar-refractivity contribution in [3.05, 3.63) is 64.1 Å². The van der Waals surface area contributed by atoms with Gasteiger partial charge in [0.15, 0.2) is 0 Å². The van der Waals surface area contributed by atoms with Gasteiger partial charge in [0.1, 0.15) is 17.3 Å². The molecule has 0 spiro atoms. The van der Waals surface area contributed by atoms with E-state index in [4.69, 9.17) is 0 Å². The van der Waals surface area contributed by atoms with Gasteiger partial charge in [-0.25, -0.2) is 4.39 Å². The van der Waals surface area contributed by atoms with Gasteiger partial charge in [0, 0.05) is 31.3 Å². The second kappa shape index (κ2) is 8.87. The smallest absolute Gasteiger partial charge is 0.270 e. The molecule has 2 heterocycles. The number of benzene rings is 1. The molecule has 0 saturated carbocycles. The van der Waals surface area contributed by atoms with E-state index >= 15 is 0 Å². The van der Waals surface area contributed by atoms with Crippen LogP contribution in [0.4, 0.5) is 4.39 Å². The van der Waals surface area contributed by atoms with E-state index in [1.165, 1.54) is 12.3 Å². The number of nitrogens with zero attached hydrogens (tertiary/aromatic N) is 2. The quantitative estimate of drug-likeness (QED) is 0.883. The molecule has 1 N–H and O–H groups in total. The molecule has 3 rings (SSSR count). The predicted octanol–water partition coefficient (Wildman–Crippen LogP) is 2.35. The lowest BCUT2D eigenvalue weighted by atomic mass is 9.89. The van der Waals surface area contributed by atoms with Crippen LogP contribution >= 0.6 is 12.4 Å². The Labute approximate surface area is 151 Å². The lowest BCUT2D eigenvalue weighted by Crippen LogP contribution is -2.37. The highest BCUT2D eigenvalue weighted by molar-refractivity contribution is 5.85. The molecule has 0 unspecified atom stereocenters. The normalized spacial score (nSPS) is 15.6. The van der Waals surface area contributed by atoms with Gasteiger partial charge in [0.25, 0.3) is 5.56 Å². The number of aromatic amines is 1. The molecule has 0 radical (unpaired) electrons. The monoisotopic (exact) mass is 365 g/mol. The van der Waals surface area contributed by atoms with Crippen molar-refractivity contribution in [2.75, 3.05) is 13.1 Å². The minimum atomic E-state index is -0.322. The summed E-state index contributed by atoms with van der Waals surface area (Å²) in [5.74, 6) is -0.268. The average Bonchev–Trinajstić information content (AvgIpc) is 2.59. The van der Waals surface area contributed by atoms with Gasteiger partial charge < -0.3 is 4.98 Å². The van der Waals surface area contributed by atoms with Gasteiger partial charge >= 0.3 is 0 Å². The van der Waals surface area contributed by atoms with E-state index in [0.717, 1.165) is 25.9 Å². The van der Waals surface area contributed by atoms with E-state index in [1.807, 2.05) is 0 Å². The van der Waals surface area contributed by atoms with E-state index < -0.39 is 0 Å². The number of Topliss-reactive ketones (excluding diaryl/α,β-unsaturated/α-hetero) is 1. The zero-order valence-electron chi connectivity index (χ0n) is 13.8. The molecule has 1 saturated heterocycles. The standard InChI is InChI=1S/C18H20FN3O2.ClH/c19-15-4-2-1-3-14(15)11-17(23)13-5-9-22(10-6-13)12-16-18(24)21-8-7-20-16;/h1-4,7-8,13H,5-6,9-12H2,(H,21,24);1H. The summed E-state index contributed by atoms with van der Waals surface area (Å²) in [5.41, 5.74) is 0.786. The van der Waals surface area contributed by atoms with Crippen molar-refractivity contribution in [1.29, 1.82) is 0 Å². The highest BCUT2D eigenvalue weighted by Crippen LogP contribution is 2.21. The van der Waals surface area contributed by atoms with Crippen LogP contribution in [0, 0.1) is 11.7 Å². The number of likely N-dealkylation sites (tertiary alicyclic amines) is 1. The van der Waals surface area contributed by atoms with Gasteiger partial charge in [-0.2, -0.15) is 0 Å². The first kappa shape index (κ1) is 19.3. The predicted molar refractivity (Wildman–Crippen MR) is 95.2 cm³/mol. The van der Waals surface area contributed by atoms with Crippen LogP contribution in [0.2, 0.25) is 0 Å². The fourth-order valence-electron chi connectivity index (χ4n) is 3.09. The molecule has 1 fully saturated rings. The van der Waals surface area contributed by atoms with Crippen LogP contribution in [-0.4, -0.2) is 33.7 Å². The lowest BCUT2D eigenvalue weighted by molar-refractivity contribution is -0.123. The Morgan fingerprint density at radius 3 is 2.68 bits per heavy atom. The molecule has 1 aliphatic heterocycles. The second-order valence-electron chi connectivity index (χ2n) is 6.15. The Balaban J connectivity index is 0.00000225. The number of carbonyl (C=O) groups is 1. The molecule has 0 amide bonds. The maximum atomic E-state index is 13.7. The SMILES string of the molecule is Cl.O=C(Cc1ccccc1F)C1CCN(Cc2ncc[nH]c2=O)CC1. The number of ketones is 1. The minimum Gasteiger partial charge on any atom is -0.326 e. The average molecular weight is 366 g/mol. The topological polar surface area (TPSA) is 66.1 Å². The summed E-state index contributed by atoms with van der Waals surface area (Å²) >= 11 is 0. The van der Waals surface area contributed by atoms with Crippen LogP contribution in [0.25, 0.3) is 0 Å². The fourth-order valence-corrected chi connectivity index (χ4v) is 3.09. The van der Waals surface area contributed by atoms with Crippen molar-refractivity contribution in [3.63, 3.8) is 0 Å². The van der Waals surface area contributed by atoms with Crippen LogP contribution in [0.15, 0.2) is 41.5 Å². The molecule has 7 heteroatoms. The van der Waals surface area contributed by atoms with Gasteiger partial charge in [-0.1, -0.05) is 18.2 Å². The summed E-state index contributed by atoms with van der Waals surface area (Å²) < 4.78 is 13.7. The molecule has 134 valence electrons. The Kier molecular flexibility index (Phi) is 6.84. The molecule has 0 bridgehead atoms. The number of halogens is 2. The zero-order chi connectivity index (χ0) is 16.9. The summed E-state index contributed by atoms with van der Waals surface area (Å²) in [4.78, 5) is 32.9. The fraction of sp³-hybridized carbons (Fsp3) is 0.389. The summed E-state index contributed by atoms with van der Waals surface area (Å²) in [5, 5.41) is 0. The van der Waals surface area contributed by atoms with Crippen LogP contribution in [0.1, 0.15) is 24.1 Å². The summed E-state index contributed by atoms with van der Waals surface area (Å²) in [6, 6.07) is 6.42. The van der Waals surface area contributed by atoms with Crippen LogP contribution in [-0.2, 0) is 17.8 Å². The van der Waals surface area contributed by atoms with E-state index in [9.17, 15) is 14.0 Å². The number of piperidine rings is 1. The number of hydrogen-bond donors (Lipinski definition) is 1. The second-order valence-corrected chi connectivity index (χ2v) is 6.15. The van der Waals surface area contributed by atoms with Crippen LogP contribution < -0.4 is 5.56 Å². The van der Waals surface area contributed by atoms with Crippen LogP contribution in [0.5, 0.6) is 0 Å². The first-order chi connectivity index (χ1) is 11.6. The van der Waals surface area contributed by atoms with Gasteiger partial charge in [-0.3, -0.25) is 19.5 Å². The largest absolute Gasteiger partial charge is 0.326 e. The first-order valence-electron chi connectivity index (χ1n) is 8.14. The Hall–Kier alpha value is -2.05. The molecule has 1 aromatic heterocycles. The number of rotatable bonds is 5. The van der Waals surface area contributed by atoms with Crippen molar-refractivity contribution >= 4 is 18.2 Å². The van der Waals surface area contributed by atoms with E-state index in [0.29, 0.717) is 17.8 Å². The molecule has 2 aromatic rings. The molecule has 25 heavy (non-hydrogen) atoms. The summed E-state index contributed by atoms with van der Waals surface area (Å²) in [6.45, 7) is 1.97. The van der Waals surface area contributed by atoms with Gasteiger partial charge in [0.05, 0.1) is 0 Å². The Bertz CT molecular complexity index is 773. The number of carbonyl (C=O) groups excluding carboxylic acids is 1. The van der Waals surface area contributed by atoms with Crippen molar-refractivity contribution in [3.8, 4) is 0 Å². The highest BCUT2D eigenvalue weighted by atomic mass is 35.5. The van der Waals surface area contributed by atoms with Crippen LogP contribution in [0.3, 0.4) is 0 Å². The Morgan fingerprint density at radius 1 is 1.28 bits per heavy atom. The number of hydrogen-bond acceptors (Lipinski definition) is 4. The maximum absolute atomic E-state index is 13.7. The van der Waals surface area contributed by atoms with Gasteiger partial charge in [0.2, 0.25) is 0 Å². The third-order valence-corrected chi connectivity index (χ3v) is 4.52. The zero-order valence-corrected chi connectivity index (χ0v) is 14.6. The minimum absolute atomic E-state index is 0. The van der Waals surface area contributed by atoms with Gasteiger partial charge in [-0.05, 0) is 37.6 Å². The first-order valence-corrected chi connectivity index (χ1v) is 8.14. The van der Waals surface area contributed by atoms with Crippen molar-refractivity contribution in [2.24, 2.45) is 5.92 Å². The number of aromatic nitrogens is 2. The van der Waals surface area contributed by atoms with Gasteiger partial charge in [-0.15, -0.1) is 12.4 Å². The van der Waals surface area contributed by atoms with E-state index in [-0.39, 0.29) is 41.9 Å². The molecule has 1 aliphatic rings. The van der Waals surface area contributed by atoms with Crippen molar-refractivity contribution in [2.45, 2.75) is 25.8 Å². The summed E-state index contributed by atoms with van der Waals surface area (Å²) in [6.07, 6.45) is 4.70. The molecule has 1 aromatic carbocycles. The number of nitrogens with one attached hydrogen (secondary N) is 1. The van der Waals surface area contributed by atoms with E-state index in [1.54, 1.807) is 24.4 Å². The third-order valence-electron chi connectivity index (χ3n) is 4.52. The maximum Gasteiger partial charge on any atom is 0.270 e. The van der Waals surface area contributed by atoms with Crippen molar-refractivity contribution in [1.82, 2.24) is 14.9 Å². The molecule has 0 atom stereocenters.